The van der Waals surface area contributed by atoms with E-state index in [9.17, 15) is 56.2 Å². The Labute approximate surface area is 192 Å². The molecule has 0 aromatic rings. The Hall–Kier alpha value is -0.640. The lowest BCUT2D eigenvalue weighted by atomic mass is 9.99. The van der Waals surface area contributed by atoms with E-state index in [1.807, 2.05) is 0 Å². The van der Waals surface area contributed by atoms with Gasteiger partial charge in [-0.3, -0.25) is 0 Å². The lowest BCUT2D eigenvalue weighted by Crippen LogP contribution is -2.60. The molecule has 0 saturated carbocycles. The van der Waals surface area contributed by atoms with Gasteiger partial charge in [0.1, 0.15) is 74.3 Å². The highest BCUT2D eigenvalue weighted by Crippen LogP contribution is 2.38. The van der Waals surface area contributed by atoms with Crippen molar-refractivity contribution in [2.45, 2.75) is 78.9 Å². The van der Waals surface area contributed by atoms with Crippen LogP contribution in [-0.2, 0) is 23.7 Å². The molecule has 34 heavy (non-hydrogen) atoms. The molecule has 200 valence electrons. The predicted octanol–water partition coefficient (Wildman–Crippen LogP) is -7.57. The van der Waals surface area contributed by atoms with Gasteiger partial charge in [-0.2, -0.15) is 0 Å². The van der Waals surface area contributed by atoms with Crippen LogP contribution in [0.4, 0.5) is 0 Å². The minimum atomic E-state index is -2.34. The van der Waals surface area contributed by atoms with Gasteiger partial charge in [-0.05, 0) is 0 Å². The molecule has 3 aliphatic rings. The van der Waals surface area contributed by atoms with Crippen molar-refractivity contribution in [3.63, 3.8) is 0 Å². The Kier molecular flexibility index (Phi) is 8.85. The fourth-order valence-electron chi connectivity index (χ4n) is 4.10. The minimum absolute atomic E-state index is 0.718. The maximum Gasteiger partial charge on any atom is 0.222 e. The molecule has 0 aromatic heterocycles. The third-order valence-electron chi connectivity index (χ3n) is 6.29. The van der Waals surface area contributed by atoms with Crippen molar-refractivity contribution in [1.29, 1.82) is 0 Å². The Morgan fingerprint density at radius 3 is 1.62 bits per heavy atom. The molecule has 0 aromatic carbocycles. The van der Waals surface area contributed by atoms with E-state index in [-0.39, 0.29) is 0 Å². The molecule has 3 heterocycles. The summed E-state index contributed by atoms with van der Waals surface area (Å²) >= 11 is 0. The first-order valence-corrected chi connectivity index (χ1v) is 10.5. The van der Waals surface area contributed by atoms with Crippen molar-refractivity contribution >= 4 is 0 Å². The molecule has 0 spiro atoms. The highest BCUT2D eigenvalue weighted by Gasteiger charge is 2.60. The largest absolute Gasteiger partial charge is 0.394 e. The van der Waals surface area contributed by atoms with Crippen LogP contribution in [0.2, 0.25) is 0 Å². The van der Waals surface area contributed by atoms with Crippen molar-refractivity contribution < 1.29 is 79.9 Å². The van der Waals surface area contributed by atoms with Crippen LogP contribution in [0.15, 0.2) is 0 Å². The molecule has 16 heteroatoms. The van der Waals surface area contributed by atoms with E-state index in [0.29, 0.717) is 0 Å². The molecule has 3 saturated heterocycles. The molecule has 0 unspecified atom stereocenters. The third kappa shape index (κ3) is 4.83. The number of rotatable bonds is 9. The number of aliphatic hydroxyl groups excluding tert-OH is 11. The quantitative estimate of drug-likeness (QED) is 0.139. The number of hydrogen-bond acceptors (Lipinski definition) is 16. The molecule has 0 radical (unpaired) electrons. The molecule has 16 nitrogen and oxygen atoms in total. The Morgan fingerprint density at radius 1 is 0.588 bits per heavy atom. The van der Waals surface area contributed by atoms with Gasteiger partial charge in [0.2, 0.25) is 11.6 Å². The van der Waals surface area contributed by atoms with Gasteiger partial charge in [-0.15, -0.1) is 0 Å². The van der Waals surface area contributed by atoms with E-state index in [1.165, 1.54) is 0 Å². The summed E-state index contributed by atoms with van der Waals surface area (Å²) in [5.74, 6) is -4.64. The summed E-state index contributed by atoms with van der Waals surface area (Å²) < 4.78 is 26.7. The summed E-state index contributed by atoms with van der Waals surface area (Å²) in [4.78, 5) is 0. The van der Waals surface area contributed by atoms with Crippen LogP contribution in [-0.4, -0.2) is 168 Å². The molecule has 11 N–H and O–H groups in total. The van der Waals surface area contributed by atoms with Crippen LogP contribution in [0.3, 0.4) is 0 Å². The second kappa shape index (κ2) is 10.8. The molecule has 0 amide bonds. The zero-order valence-corrected chi connectivity index (χ0v) is 17.8. The summed E-state index contributed by atoms with van der Waals surface area (Å²) in [5, 5.41) is 109. The first-order valence-electron chi connectivity index (χ1n) is 10.5. The Bertz CT molecular complexity index is 670. The molecular weight excluding hydrogens is 472 g/mol. The van der Waals surface area contributed by atoms with Gasteiger partial charge in [0.25, 0.3) is 0 Å². The van der Waals surface area contributed by atoms with Gasteiger partial charge in [-0.25, -0.2) is 0 Å². The SMILES string of the molecule is OC[C@H]1O[C@@](CO)(OC[C@@]2(OC[C@H]3O[C@H](O)[C@H](O)[C@@H](O)[C@@H]3O)O[C@H](CO)[C@@H](O)[C@@H]2O)[C@@H](O)[C@@H]1O. The van der Waals surface area contributed by atoms with Gasteiger partial charge in [-0.1, -0.05) is 0 Å². The first-order chi connectivity index (χ1) is 16.0. The topological polar surface area (TPSA) is 269 Å². The number of hydrogen-bond donors (Lipinski definition) is 11. The second-order valence-corrected chi connectivity index (χ2v) is 8.47. The normalized spacial score (nSPS) is 51.8. The van der Waals surface area contributed by atoms with Gasteiger partial charge in [0.05, 0.1) is 19.8 Å². The maximum absolute atomic E-state index is 10.6. The van der Waals surface area contributed by atoms with Gasteiger partial charge in [0.15, 0.2) is 6.29 Å². The minimum Gasteiger partial charge on any atom is -0.394 e. The van der Waals surface area contributed by atoms with Crippen LogP contribution in [0, 0.1) is 0 Å². The second-order valence-electron chi connectivity index (χ2n) is 8.47. The maximum atomic E-state index is 10.6. The standard InChI is InChI=1S/C18H32O16/c19-1-6-10(23)14(27)17(4-21,33-6)31-5-18(15(28)11(24)7(2-20)34-18)30-3-8-9(22)12(25)13(26)16(29)32-8/h6-16,19-29H,1-5H2/t6-,7-,8-,9-,10-,11-,12+,13-,14+,15+,16+,17-,18-/m1/s1. The fourth-order valence-corrected chi connectivity index (χ4v) is 4.10. The summed E-state index contributed by atoms with van der Waals surface area (Å²) in [6, 6.07) is 0. The summed E-state index contributed by atoms with van der Waals surface area (Å²) in [6.45, 7) is -4.15. The molecule has 0 aliphatic carbocycles. The van der Waals surface area contributed by atoms with Crippen LogP contribution in [0.1, 0.15) is 0 Å². The van der Waals surface area contributed by atoms with Crippen molar-refractivity contribution in [3.8, 4) is 0 Å². The lowest BCUT2D eigenvalue weighted by Gasteiger charge is -2.41. The van der Waals surface area contributed by atoms with Crippen molar-refractivity contribution in [3.05, 3.63) is 0 Å². The van der Waals surface area contributed by atoms with E-state index >= 15 is 0 Å². The highest BCUT2D eigenvalue weighted by atomic mass is 16.8. The molecule has 3 rings (SSSR count). The zero-order chi connectivity index (χ0) is 25.4. The van der Waals surface area contributed by atoms with E-state index in [0.717, 1.165) is 0 Å². The average Bonchev–Trinajstić information content (AvgIpc) is 3.23. The monoisotopic (exact) mass is 504 g/mol. The summed E-state index contributed by atoms with van der Waals surface area (Å²) in [7, 11) is 0. The summed E-state index contributed by atoms with van der Waals surface area (Å²) in [6.07, 6.45) is -18.6. The zero-order valence-electron chi connectivity index (χ0n) is 17.8. The molecule has 3 aliphatic heterocycles. The fraction of sp³-hybridized carbons (Fsp3) is 1.00. The van der Waals surface area contributed by atoms with E-state index < -0.39 is 112 Å². The van der Waals surface area contributed by atoms with Crippen molar-refractivity contribution in [1.82, 2.24) is 0 Å². The van der Waals surface area contributed by atoms with Gasteiger partial charge < -0.3 is 79.9 Å². The van der Waals surface area contributed by atoms with Crippen LogP contribution in [0.25, 0.3) is 0 Å². The van der Waals surface area contributed by atoms with Crippen molar-refractivity contribution in [2.75, 3.05) is 33.0 Å². The number of ether oxygens (including phenoxy) is 5. The van der Waals surface area contributed by atoms with Crippen LogP contribution >= 0.6 is 0 Å². The average molecular weight is 504 g/mol. The lowest BCUT2D eigenvalue weighted by molar-refractivity contribution is -0.352. The van der Waals surface area contributed by atoms with Gasteiger partial charge >= 0.3 is 0 Å². The third-order valence-corrected chi connectivity index (χ3v) is 6.29. The van der Waals surface area contributed by atoms with Crippen LogP contribution < -0.4 is 0 Å². The highest BCUT2D eigenvalue weighted by molar-refractivity contribution is 5.01. The van der Waals surface area contributed by atoms with E-state index in [2.05, 4.69) is 0 Å². The van der Waals surface area contributed by atoms with Crippen molar-refractivity contribution in [2.24, 2.45) is 0 Å². The van der Waals surface area contributed by atoms with Crippen LogP contribution in [0.5, 0.6) is 0 Å². The van der Waals surface area contributed by atoms with E-state index in [4.69, 9.17) is 23.7 Å². The van der Waals surface area contributed by atoms with Gasteiger partial charge in [0, 0.05) is 0 Å². The summed E-state index contributed by atoms with van der Waals surface area (Å²) in [5.41, 5.74) is 0. The number of aliphatic hydroxyl groups is 11. The molecule has 3 fully saturated rings. The predicted molar refractivity (Wildman–Crippen MR) is 101 cm³/mol. The first kappa shape index (κ1) is 27.9. The molecule has 0 bridgehead atoms. The molecular formula is C18H32O16. The molecule has 13 atom stereocenters. The Morgan fingerprint density at radius 2 is 1.12 bits per heavy atom. The smallest absolute Gasteiger partial charge is 0.222 e. The van der Waals surface area contributed by atoms with E-state index in [1.54, 1.807) is 0 Å². The Balaban J connectivity index is 1.79.